The summed E-state index contributed by atoms with van der Waals surface area (Å²) in [6.07, 6.45) is 2.18. The van der Waals surface area contributed by atoms with Crippen molar-refractivity contribution in [2.24, 2.45) is 0 Å². The molecule has 0 bridgehead atoms. The summed E-state index contributed by atoms with van der Waals surface area (Å²) in [7, 11) is 1.65. The molecule has 6 nitrogen and oxygen atoms in total. The molecule has 1 heterocycles. The van der Waals surface area contributed by atoms with Gasteiger partial charge in [0.2, 0.25) is 5.95 Å². The molecule has 1 N–H and O–H groups in total. The first-order chi connectivity index (χ1) is 13.0. The molecule has 0 fully saturated rings. The molecule has 3 rings (SSSR count). The van der Waals surface area contributed by atoms with Crippen molar-refractivity contribution in [3.8, 4) is 11.4 Å². The molecular formula is C19H20F2N4O2. The van der Waals surface area contributed by atoms with Crippen molar-refractivity contribution in [2.75, 3.05) is 25.6 Å². The molecule has 8 heteroatoms. The van der Waals surface area contributed by atoms with Crippen LogP contribution in [0.4, 0.5) is 20.4 Å². The van der Waals surface area contributed by atoms with Gasteiger partial charge in [-0.05, 0) is 36.8 Å². The Bertz CT molecular complexity index is 894. The average molecular weight is 374 g/mol. The van der Waals surface area contributed by atoms with Crippen molar-refractivity contribution < 1.29 is 18.3 Å². The standard InChI is InChI=1S/C19H20F2N4O2/c1-13-6-16(11-18(7-13)27-5-3-4-26-2)23-19-22-12-25(24-19)17-9-14(20)8-15(21)10-17/h6-12H,3-5H2,1-2H3,(H,23,24). The predicted octanol–water partition coefficient (Wildman–Crippen LogP) is 4.01. The van der Waals surface area contributed by atoms with Crippen LogP contribution in [0.3, 0.4) is 0 Å². The highest BCUT2D eigenvalue weighted by Crippen LogP contribution is 2.23. The summed E-state index contributed by atoms with van der Waals surface area (Å²) in [4.78, 5) is 4.13. The number of rotatable bonds is 8. The van der Waals surface area contributed by atoms with E-state index in [1.54, 1.807) is 7.11 Å². The number of ether oxygens (including phenoxy) is 2. The van der Waals surface area contributed by atoms with Crippen LogP contribution in [0.25, 0.3) is 5.69 Å². The molecule has 0 amide bonds. The number of aromatic nitrogens is 3. The van der Waals surface area contributed by atoms with Gasteiger partial charge >= 0.3 is 0 Å². The molecular weight excluding hydrogens is 354 g/mol. The number of nitrogens with one attached hydrogen (secondary N) is 1. The van der Waals surface area contributed by atoms with Gasteiger partial charge in [0.05, 0.1) is 12.3 Å². The number of halogens is 2. The monoisotopic (exact) mass is 374 g/mol. The largest absolute Gasteiger partial charge is 0.493 e. The zero-order chi connectivity index (χ0) is 19.2. The van der Waals surface area contributed by atoms with Gasteiger partial charge in [-0.3, -0.25) is 0 Å². The van der Waals surface area contributed by atoms with Crippen molar-refractivity contribution in [1.29, 1.82) is 0 Å². The fourth-order valence-electron chi connectivity index (χ4n) is 2.54. The fraction of sp³-hybridized carbons (Fsp3) is 0.263. The smallest absolute Gasteiger partial charge is 0.246 e. The Balaban J connectivity index is 1.72. The van der Waals surface area contributed by atoms with Gasteiger partial charge in [0.15, 0.2) is 0 Å². The van der Waals surface area contributed by atoms with Gasteiger partial charge in [0.1, 0.15) is 23.7 Å². The Kier molecular flexibility index (Phi) is 5.97. The van der Waals surface area contributed by atoms with Crippen molar-refractivity contribution >= 4 is 11.6 Å². The third kappa shape index (κ3) is 5.24. The molecule has 1 aromatic heterocycles. The number of anilines is 2. The number of benzene rings is 2. The topological polar surface area (TPSA) is 61.2 Å². The second-order valence-corrected chi connectivity index (χ2v) is 5.99. The van der Waals surface area contributed by atoms with Crippen molar-refractivity contribution in [3.05, 3.63) is 59.9 Å². The number of hydrogen-bond acceptors (Lipinski definition) is 5. The number of hydrogen-bond donors (Lipinski definition) is 1. The third-order valence-electron chi connectivity index (χ3n) is 3.67. The van der Waals surface area contributed by atoms with Gasteiger partial charge in [-0.1, -0.05) is 0 Å². The Morgan fingerprint density at radius 2 is 1.81 bits per heavy atom. The molecule has 0 spiro atoms. The lowest BCUT2D eigenvalue weighted by atomic mass is 10.2. The molecule has 0 saturated heterocycles. The lowest BCUT2D eigenvalue weighted by Gasteiger charge is -2.10. The summed E-state index contributed by atoms with van der Waals surface area (Å²) in [5.74, 6) is -0.330. The minimum atomic E-state index is -0.677. The lowest BCUT2D eigenvalue weighted by Crippen LogP contribution is -2.02. The molecule has 0 saturated carbocycles. The molecule has 0 aliphatic heterocycles. The summed E-state index contributed by atoms with van der Waals surface area (Å²) in [6, 6.07) is 8.85. The second kappa shape index (κ2) is 8.59. The molecule has 0 radical (unpaired) electrons. The molecule has 0 aliphatic carbocycles. The van der Waals surface area contributed by atoms with Crippen LogP contribution in [0.15, 0.2) is 42.7 Å². The minimum Gasteiger partial charge on any atom is -0.493 e. The van der Waals surface area contributed by atoms with Crippen LogP contribution in [0.5, 0.6) is 5.75 Å². The molecule has 0 unspecified atom stereocenters. The Hall–Kier alpha value is -3.00. The van der Waals surface area contributed by atoms with Gasteiger partial charge in [0.25, 0.3) is 0 Å². The first kappa shape index (κ1) is 18.8. The van der Waals surface area contributed by atoms with E-state index in [4.69, 9.17) is 9.47 Å². The van der Waals surface area contributed by atoms with E-state index in [1.807, 2.05) is 25.1 Å². The van der Waals surface area contributed by atoms with Crippen LogP contribution in [0.1, 0.15) is 12.0 Å². The average Bonchev–Trinajstić information content (AvgIpc) is 3.06. The Morgan fingerprint density at radius 1 is 1.04 bits per heavy atom. The zero-order valence-corrected chi connectivity index (χ0v) is 15.1. The van der Waals surface area contributed by atoms with Gasteiger partial charge in [-0.25, -0.2) is 13.5 Å². The van der Waals surface area contributed by atoms with E-state index >= 15 is 0 Å². The zero-order valence-electron chi connectivity index (χ0n) is 15.1. The van der Waals surface area contributed by atoms with Gasteiger partial charge in [0, 0.05) is 38.0 Å². The van der Waals surface area contributed by atoms with E-state index in [9.17, 15) is 8.78 Å². The second-order valence-electron chi connectivity index (χ2n) is 5.99. The SMILES string of the molecule is COCCCOc1cc(C)cc(Nc2ncn(-c3cc(F)cc(F)c3)n2)c1. The lowest BCUT2D eigenvalue weighted by molar-refractivity contribution is 0.172. The number of nitrogens with zero attached hydrogens (tertiary/aromatic N) is 3. The quantitative estimate of drug-likeness (QED) is 0.604. The van der Waals surface area contributed by atoms with Crippen molar-refractivity contribution in [3.63, 3.8) is 0 Å². The third-order valence-corrected chi connectivity index (χ3v) is 3.67. The van der Waals surface area contributed by atoms with E-state index in [0.29, 0.717) is 19.2 Å². The van der Waals surface area contributed by atoms with E-state index in [0.717, 1.165) is 29.5 Å². The summed E-state index contributed by atoms with van der Waals surface area (Å²) >= 11 is 0. The highest BCUT2D eigenvalue weighted by Gasteiger charge is 2.08. The van der Waals surface area contributed by atoms with Crippen LogP contribution in [-0.4, -0.2) is 35.1 Å². The fourth-order valence-corrected chi connectivity index (χ4v) is 2.54. The van der Waals surface area contributed by atoms with Crippen LogP contribution in [0.2, 0.25) is 0 Å². The van der Waals surface area contributed by atoms with Crippen molar-refractivity contribution in [1.82, 2.24) is 14.8 Å². The summed E-state index contributed by atoms with van der Waals surface area (Å²) < 4.78 is 38.8. The molecule has 27 heavy (non-hydrogen) atoms. The molecule has 3 aromatic rings. The van der Waals surface area contributed by atoms with E-state index < -0.39 is 11.6 Å². The van der Waals surface area contributed by atoms with Crippen molar-refractivity contribution in [2.45, 2.75) is 13.3 Å². The molecule has 0 atom stereocenters. The van der Waals surface area contributed by atoms with Crippen LogP contribution >= 0.6 is 0 Å². The molecule has 142 valence electrons. The minimum absolute atomic E-state index is 0.249. The van der Waals surface area contributed by atoms with Crippen LogP contribution in [-0.2, 0) is 4.74 Å². The predicted molar refractivity (Wildman–Crippen MR) is 97.7 cm³/mol. The summed E-state index contributed by atoms with van der Waals surface area (Å²) in [5.41, 5.74) is 2.01. The highest BCUT2D eigenvalue weighted by atomic mass is 19.1. The maximum atomic E-state index is 13.4. The van der Waals surface area contributed by atoms with Crippen LogP contribution < -0.4 is 10.1 Å². The Labute approximate surface area is 155 Å². The van der Waals surface area contributed by atoms with E-state index in [1.165, 1.54) is 23.1 Å². The Morgan fingerprint density at radius 3 is 2.56 bits per heavy atom. The highest BCUT2D eigenvalue weighted by molar-refractivity contribution is 5.57. The normalized spacial score (nSPS) is 10.8. The van der Waals surface area contributed by atoms with Gasteiger partial charge in [-0.2, -0.15) is 4.98 Å². The van der Waals surface area contributed by atoms with E-state index in [2.05, 4.69) is 15.4 Å². The van der Waals surface area contributed by atoms with Gasteiger partial charge < -0.3 is 14.8 Å². The maximum absolute atomic E-state index is 13.4. The summed E-state index contributed by atoms with van der Waals surface area (Å²) in [6.45, 7) is 3.14. The number of aryl methyl sites for hydroxylation is 1. The first-order valence-corrected chi connectivity index (χ1v) is 8.42. The van der Waals surface area contributed by atoms with E-state index in [-0.39, 0.29) is 5.69 Å². The molecule has 0 aliphatic rings. The number of methoxy groups -OCH3 is 1. The first-order valence-electron chi connectivity index (χ1n) is 8.42. The summed E-state index contributed by atoms with van der Waals surface area (Å²) in [5, 5.41) is 7.28. The van der Waals surface area contributed by atoms with Gasteiger partial charge in [-0.15, -0.1) is 5.10 Å². The van der Waals surface area contributed by atoms with Crippen LogP contribution in [0, 0.1) is 18.6 Å². The molecule has 2 aromatic carbocycles. The maximum Gasteiger partial charge on any atom is 0.246 e.